The van der Waals surface area contributed by atoms with Crippen molar-refractivity contribution in [3.8, 4) is 0 Å². The van der Waals surface area contributed by atoms with Gasteiger partial charge in [-0.25, -0.2) is 4.79 Å². The van der Waals surface area contributed by atoms with Gasteiger partial charge in [-0.05, 0) is 36.1 Å². The van der Waals surface area contributed by atoms with Crippen LogP contribution in [0.25, 0.3) is 0 Å². The molecule has 1 spiro atoms. The number of likely N-dealkylation sites (N-methyl/N-ethyl adjacent to an activating group) is 1. The summed E-state index contributed by atoms with van der Waals surface area (Å²) in [6.07, 6.45) is 2.78. The number of furan rings is 1. The van der Waals surface area contributed by atoms with Crippen molar-refractivity contribution in [1.82, 2.24) is 15.1 Å². The number of carbonyl (C=O) groups is 3. The van der Waals surface area contributed by atoms with Gasteiger partial charge in [-0.15, -0.1) is 0 Å². The highest BCUT2D eigenvalue weighted by atomic mass is 16.3. The van der Waals surface area contributed by atoms with E-state index in [1.807, 2.05) is 24.3 Å². The van der Waals surface area contributed by atoms with Crippen LogP contribution in [-0.4, -0.2) is 41.2 Å². The predicted octanol–water partition coefficient (Wildman–Crippen LogP) is 1.63. The summed E-state index contributed by atoms with van der Waals surface area (Å²) < 4.78 is 5.23. The van der Waals surface area contributed by atoms with Crippen LogP contribution in [0.4, 0.5) is 4.79 Å². The van der Waals surface area contributed by atoms with Gasteiger partial charge in [-0.3, -0.25) is 14.5 Å². The molecule has 4 rings (SSSR count). The van der Waals surface area contributed by atoms with E-state index in [-0.39, 0.29) is 24.9 Å². The molecule has 4 amide bonds. The highest BCUT2D eigenvalue weighted by molar-refractivity contribution is 6.09. The van der Waals surface area contributed by atoms with E-state index in [2.05, 4.69) is 5.32 Å². The lowest BCUT2D eigenvalue weighted by Gasteiger charge is -2.23. The molecule has 134 valence electrons. The number of aryl methyl sites for hydroxylation is 1. The van der Waals surface area contributed by atoms with Gasteiger partial charge in [0.2, 0.25) is 5.91 Å². The molecule has 1 atom stereocenters. The Kier molecular flexibility index (Phi) is 3.79. The number of amides is 4. The van der Waals surface area contributed by atoms with Crippen molar-refractivity contribution in [2.45, 2.75) is 24.9 Å². The number of benzene rings is 1. The van der Waals surface area contributed by atoms with E-state index in [0.717, 1.165) is 22.4 Å². The van der Waals surface area contributed by atoms with Crippen molar-refractivity contribution in [3.05, 3.63) is 59.5 Å². The van der Waals surface area contributed by atoms with Crippen LogP contribution >= 0.6 is 0 Å². The van der Waals surface area contributed by atoms with E-state index < -0.39 is 11.6 Å². The van der Waals surface area contributed by atoms with Crippen LogP contribution in [0, 0.1) is 0 Å². The molecule has 7 nitrogen and oxygen atoms in total. The molecule has 2 aromatic rings. The van der Waals surface area contributed by atoms with Crippen molar-refractivity contribution in [2.24, 2.45) is 0 Å². The molecule has 1 aromatic heterocycles. The van der Waals surface area contributed by atoms with E-state index in [1.165, 1.54) is 11.2 Å². The summed E-state index contributed by atoms with van der Waals surface area (Å²) in [5, 5.41) is 2.82. The quantitative estimate of drug-likeness (QED) is 0.847. The molecular formula is C19H19N3O4. The lowest BCUT2D eigenvalue weighted by Crippen LogP contribution is -2.44. The molecule has 1 saturated heterocycles. The number of nitrogens with zero attached hydrogens (tertiary/aromatic N) is 2. The standard InChI is InChI=1S/C19H19N3O4/c1-21(11-14-6-4-10-26-14)16(23)12-22-17(24)19(20-18(22)25)9-8-13-5-2-3-7-15(13)19/h2-7,10H,8-9,11-12H2,1H3,(H,20,25)/t19-/m0/s1. The van der Waals surface area contributed by atoms with Crippen LogP contribution in [0.5, 0.6) is 0 Å². The number of urea groups is 1. The summed E-state index contributed by atoms with van der Waals surface area (Å²) in [5.74, 6) is -0.0420. The Morgan fingerprint density at radius 3 is 2.85 bits per heavy atom. The predicted molar refractivity (Wildman–Crippen MR) is 91.9 cm³/mol. The first-order valence-electron chi connectivity index (χ1n) is 8.50. The highest BCUT2D eigenvalue weighted by Crippen LogP contribution is 2.41. The minimum Gasteiger partial charge on any atom is -0.467 e. The number of hydrogen-bond donors (Lipinski definition) is 1. The summed E-state index contributed by atoms with van der Waals surface area (Å²) in [6.45, 7) is -0.00471. The zero-order chi connectivity index (χ0) is 18.3. The van der Waals surface area contributed by atoms with Gasteiger partial charge in [0.1, 0.15) is 17.8 Å². The Morgan fingerprint density at radius 2 is 2.08 bits per heavy atom. The van der Waals surface area contributed by atoms with Crippen LogP contribution in [0.15, 0.2) is 47.1 Å². The largest absolute Gasteiger partial charge is 0.467 e. The van der Waals surface area contributed by atoms with Crippen LogP contribution < -0.4 is 5.32 Å². The van der Waals surface area contributed by atoms with Crippen molar-refractivity contribution >= 4 is 17.8 Å². The lowest BCUT2D eigenvalue weighted by molar-refractivity contribution is -0.138. The Balaban J connectivity index is 1.51. The SMILES string of the molecule is CN(Cc1ccco1)C(=O)CN1C(=O)N[C@]2(CCc3ccccc32)C1=O. The normalized spacial score (nSPS) is 21.2. The van der Waals surface area contributed by atoms with Gasteiger partial charge in [0, 0.05) is 7.05 Å². The summed E-state index contributed by atoms with van der Waals surface area (Å²) in [6, 6.07) is 10.6. The molecule has 2 aliphatic rings. The van der Waals surface area contributed by atoms with Gasteiger partial charge in [-0.1, -0.05) is 24.3 Å². The number of fused-ring (bicyclic) bond motifs is 2. The van der Waals surface area contributed by atoms with E-state index in [1.54, 1.807) is 19.2 Å². The topological polar surface area (TPSA) is 82.9 Å². The fourth-order valence-corrected chi connectivity index (χ4v) is 3.71. The summed E-state index contributed by atoms with van der Waals surface area (Å²) in [7, 11) is 1.62. The molecular weight excluding hydrogens is 334 g/mol. The highest BCUT2D eigenvalue weighted by Gasteiger charge is 2.55. The van der Waals surface area contributed by atoms with E-state index in [9.17, 15) is 14.4 Å². The van der Waals surface area contributed by atoms with Gasteiger partial charge in [0.15, 0.2) is 0 Å². The average molecular weight is 353 g/mol. The molecule has 1 aliphatic carbocycles. The van der Waals surface area contributed by atoms with Crippen molar-refractivity contribution < 1.29 is 18.8 Å². The molecule has 7 heteroatoms. The number of carbonyl (C=O) groups excluding carboxylic acids is 3. The molecule has 0 bridgehead atoms. The first-order valence-corrected chi connectivity index (χ1v) is 8.50. The first-order chi connectivity index (χ1) is 12.5. The molecule has 1 N–H and O–H groups in total. The van der Waals surface area contributed by atoms with Crippen molar-refractivity contribution in [1.29, 1.82) is 0 Å². The maximum atomic E-state index is 13.0. The van der Waals surface area contributed by atoms with E-state index in [4.69, 9.17) is 4.42 Å². The molecule has 2 heterocycles. The molecule has 1 aliphatic heterocycles. The second kappa shape index (κ2) is 6.01. The number of rotatable bonds is 4. The third-order valence-electron chi connectivity index (χ3n) is 5.11. The summed E-state index contributed by atoms with van der Waals surface area (Å²) >= 11 is 0. The molecule has 26 heavy (non-hydrogen) atoms. The van der Waals surface area contributed by atoms with Crippen molar-refractivity contribution in [3.63, 3.8) is 0 Å². The Morgan fingerprint density at radius 1 is 1.27 bits per heavy atom. The fraction of sp³-hybridized carbons (Fsp3) is 0.316. The van der Waals surface area contributed by atoms with Gasteiger partial charge < -0.3 is 14.6 Å². The maximum absolute atomic E-state index is 13.0. The molecule has 0 saturated carbocycles. The lowest BCUT2D eigenvalue weighted by atomic mass is 9.92. The first kappa shape index (κ1) is 16.4. The average Bonchev–Trinajstić information content (AvgIpc) is 3.32. The Hall–Kier alpha value is -3.09. The summed E-state index contributed by atoms with van der Waals surface area (Å²) in [5.41, 5.74) is 0.856. The fourth-order valence-electron chi connectivity index (χ4n) is 3.71. The molecule has 1 aromatic carbocycles. The van der Waals surface area contributed by atoms with Crippen LogP contribution in [0.2, 0.25) is 0 Å². The minimum atomic E-state index is -1.03. The van der Waals surface area contributed by atoms with E-state index in [0.29, 0.717) is 12.2 Å². The third-order valence-corrected chi connectivity index (χ3v) is 5.11. The van der Waals surface area contributed by atoms with E-state index >= 15 is 0 Å². The smallest absolute Gasteiger partial charge is 0.325 e. The molecule has 0 radical (unpaired) electrons. The minimum absolute atomic E-state index is 0.281. The second-order valence-electron chi connectivity index (χ2n) is 6.71. The van der Waals surface area contributed by atoms with Crippen LogP contribution in [0.3, 0.4) is 0 Å². The van der Waals surface area contributed by atoms with Crippen LogP contribution in [0.1, 0.15) is 23.3 Å². The number of nitrogens with one attached hydrogen (secondary N) is 1. The van der Waals surface area contributed by atoms with Gasteiger partial charge >= 0.3 is 6.03 Å². The zero-order valence-corrected chi connectivity index (χ0v) is 14.4. The van der Waals surface area contributed by atoms with Gasteiger partial charge in [0.25, 0.3) is 5.91 Å². The van der Waals surface area contributed by atoms with Gasteiger partial charge in [-0.2, -0.15) is 0 Å². The van der Waals surface area contributed by atoms with Gasteiger partial charge in [0.05, 0.1) is 12.8 Å². The number of imide groups is 1. The zero-order valence-electron chi connectivity index (χ0n) is 14.4. The monoisotopic (exact) mass is 353 g/mol. The Labute approximate surface area is 150 Å². The van der Waals surface area contributed by atoms with Crippen molar-refractivity contribution in [2.75, 3.05) is 13.6 Å². The molecule has 1 fully saturated rings. The van der Waals surface area contributed by atoms with Crippen LogP contribution in [-0.2, 0) is 28.1 Å². The summed E-state index contributed by atoms with van der Waals surface area (Å²) in [4.78, 5) is 40.4. The maximum Gasteiger partial charge on any atom is 0.325 e. The number of hydrogen-bond acceptors (Lipinski definition) is 4. The Bertz CT molecular complexity index is 877. The molecule has 0 unspecified atom stereocenters. The second-order valence-corrected chi connectivity index (χ2v) is 6.71. The third kappa shape index (κ3) is 2.47.